The highest BCUT2D eigenvalue weighted by Gasteiger charge is 1.97. The van der Waals surface area contributed by atoms with Crippen LogP contribution in [-0.2, 0) is 11.3 Å². The van der Waals surface area contributed by atoms with Gasteiger partial charge in [-0.05, 0) is 11.1 Å². The van der Waals surface area contributed by atoms with Crippen LogP contribution in [0.5, 0.6) is 0 Å². The molecular formula is C10H11BrN2O2. The fraction of sp³-hybridized carbons (Fsp3) is 0.100. The number of nitrogens with zero attached hydrogens (tertiary/aromatic N) is 1. The Balaban J connectivity index is 2.21. The molecular weight excluding hydrogens is 260 g/mol. The van der Waals surface area contributed by atoms with E-state index < -0.39 is 0 Å². The molecule has 0 atom stereocenters. The normalized spacial score (nSPS) is 12.1. The molecule has 0 spiro atoms. The van der Waals surface area contributed by atoms with Crippen molar-refractivity contribution in [3.63, 3.8) is 0 Å². The van der Waals surface area contributed by atoms with Gasteiger partial charge >= 0.3 is 0 Å². The van der Waals surface area contributed by atoms with E-state index >= 15 is 0 Å². The molecule has 1 aromatic rings. The van der Waals surface area contributed by atoms with E-state index in [4.69, 9.17) is 14.9 Å². The maximum atomic E-state index is 5.29. The molecule has 1 heterocycles. The van der Waals surface area contributed by atoms with E-state index in [-0.39, 0.29) is 6.01 Å². The molecule has 0 radical (unpaired) electrons. The van der Waals surface area contributed by atoms with Crippen LogP contribution in [-0.4, -0.2) is 4.98 Å². The maximum Gasteiger partial charge on any atom is 0.292 e. The zero-order chi connectivity index (χ0) is 10.9. The van der Waals surface area contributed by atoms with Gasteiger partial charge in [0.2, 0.25) is 0 Å². The van der Waals surface area contributed by atoms with Gasteiger partial charge in [0.25, 0.3) is 6.01 Å². The number of halogens is 1. The van der Waals surface area contributed by atoms with Crippen molar-refractivity contribution in [2.24, 2.45) is 0 Å². The Hall–Kier alpha value is -1.49. The van der Waals surface area contributed by atoms with Gasteiger partial charge in [0.1, 0.15) is 6.61 Å². The van der Waals surface area contributed by atoms with Crippen LogP contribution in [0.4, 0.5) is 6.01 Å². The van der Waals surface area contributed by atoms with Gasteiger partial charge in [-0.3, -0.25) is 0 Å². The summed E-state index contributed by atoms with van der Waals surface area (Å²) in [5, 5.41) is 0. The Morgan fingerprint density at radius 3 is 2.87 bits per heavy atom. The van der Waals surface area contributed by atoms with Gasteiger partial charge in [-0.15, -0.1) is 0 Å². The second kappa shape index (κ2) is 6.89. The lowest BCUT2D eigenvalue weighted by Gasteiger charge is -1.93. The van der Waals surface area contributed by atoms with Gasteiger partial charge in [-0.25, -0.2) is 4.98 Å². The third-order valence-electron chi connectivity index (χ3n) is 1.38. The quantitative estimate of drug-likeness (QED) is 0.660. The molecule has 5 heteroatoms. The summed E-state index contributed by atoms with van der Waals surface area (Å²) in [4.78, 5) is 5.49. The molecule has 2 N–H and O–H groups in total. The third kappa shape index (κ3) is 5.07. The number of nitrogen functional groups attached to an aromatic ring is 1. The van der Waals surface area contributed by atoms with Crippen LogP contribution in [0, 0.1) is 0 Å². The van der Waals surface area contributed by atoms with E-state index in [2.05, 4.69) is 20.9 Å². The Labute approximate surface area is 96.3 Å². The van der Waals surface area contributed by atoms with Crippen LogP contribution in [0.15, 0.2) is 46.2 Å². The van der Waals surface area contributed by atoms with Crippen molar-refractivity contribution in [3.8, 4) is 0 Å². The number of oxazole rings is 1. The number of aromatic nitrogens is 1. The molecule has 15 heavy (non-hydrogen) atoms. The largest absolute Gasteiger partial charge is 0.493 e. The molecule has 0 aromatic carbocycles. The first-order chi connectivity index (χ1) is 7.33. The average Bonchev–Trinajstić information content (AvgIpc) is 2.63. The fourth-order valence-corrected chi connectivity index (χ4v) is 0.967. The average molecular weight is 271 g/mol. The molecule has 0 aliphatic heterocycles. The molecule has 1 aromatic heterocycles. The Morgan fingerprint density at radius 1 is 1.40 bits per heavy atom. The first-order valence-electron chi connectivity index (χ1n) is 4.23. The lowest BCUT2D eigenvalue weighted by atomic mass is 10.5. The van der Waals surface area contributed by atoms with Gasteiger partial charge < -0.3 is 14.9 Å². The standard InChI is InChI=1S/C10H11BrN2O2/c11-5-3-1-2-4-6-14-8-9-7-13-10(12)15-9/h1-7H,8H2,(H2,12,13)/b2-1-,5-3+,6-4+. The molecule has 0 saturated carbocycles. The second-order valence-electron chi connectivity index (χ2n) is 2.51. The van der Waals surface area contributed by atoms with Gasteiger partial charge in [0, 0.05) is 0 Å². The number of rotatable bonds is 5. The zero-order valence-electron chi connectivity index (χ0n) is 7.97. The second-order valence-corrected chi connectivity index (χ2v) is 3.04. The minimum absolute atomic E-state index is 0.153. The van der Waals surface area contributed by atoms with Crippen molar-refractivity contribution in [2.45, 2.75) is 6.61 Å². The van der Waals surface area contributed by atoms with E-state index in [9.17, 15) is 0 Å². The summed E-state index contributed by atoms with van der Waals surface area (Å²) in [6, 6.07) is 0.153. The van der Waals surface area contributed by atoms with Crippen molar-refractivity contribution in [1.29, 1.82) is 0 Å². The van der Waals surface area contributed by atoms with Gasteiger partial charge in [-0.1, -0.05) is 34.2 Å². The molecule has 1 rings (SSSR count). The monoisotopic (exact) mass is 270 g/mol. The lowest BCUT2D eigenvalue weighted by Crippen LogP contribution is -1.83. The molecule has 0 aliphatic rings. The Morgan fingerprint density at radius 2 is 2.20 bits per heavy atom. The van der Waals surface area contributed by atoms with Crippen LogP contribution in [0.3, 0.4) is 0 Å². The van der Waals surface area contributed by atoms with E-state index in [0.29, 0.717) is 12.4 Å². The van der Waals surface area contributed by atoms with Crippen molar-refractivity contribution >= 4 is 21.9 Å². The molecule has 80 valence electrons. The topological polar surface area (TPSA) is 61.3 Å². The molecule has 4 nitrogen and oxygen atoms in total. The molecule has 0 aliphatic carbocycles. The number of hydrogen-bond donors (Lipinski definition) is 1. The highest BCUT2D eigenvalue weighted by atomic mass is 79.9. The minimum atomic E-state index is 0.153. The van der Waals surface area contributed by atoms with Gasteiger partial charge in [-0.2, -0.15) is 0 Å². The number of anilines is 1. The predicted molar refractivity (Wildman–Crippen MR) is 62.1 cm³/mol. The lowest BCUT2D eigenvalue weighted by molar-refractivity contribution is 0.211. The van der Waals surface area contributed by atoms with Gasteiger partial charge in [0.15, 0.2) is 5.76 Å². The first kappa shape index (κ1) is 11.6. The zero-order valence-corrected chi connectivity index (χ0v) is 9.55. The number of hydrogen-bond acceptors (Lipinski definition) is 4. The Kier molecular flexibility index (Phi) is 5.32. The summed E-state index contributed by atoms with van der Waals surface area (Å²) in [5.74, 6) is 0.599. The smallest absolute Gasteiger partial charge is 0.292 e. The minimum Gasteiger partial charge on any atom is -0.493 e. The molecule has 0 fully saturated rings. The Bertz CT molecular complexity index is 369. The first-order valence-corrected chi connectivity index (χ1v) is 5.15. The fourth-order valence-electron chi connectivity index (χ4n) is 0.791. The van der Waals surface area contributed by atoms with Crippen LogP contribution in [0.25, 0.3) is 0 Å². The van der Waals surface area contributed by atoms with Crippen molar-refractivity contribution in [3.05, 3.63) is 47.5 Å². The van der Waals surface area contributed by atoms with E-state index in [1.54, 1.807) is 17.3 Å². The molecule has 0 saturated heterocycles. The molecule has 0 bridgehead atoms. The van der Waals surface area contributed by atoms with Crippen LogP contribution in [0.1, 0.15) is 5.76 Å². The summed E-state index contributed by atoms with van der Waals surface area (Å²) < 4.78 is 10.2. The highest BCUT2D eigenvalue weighted by Crippen LogP contribution is 2.05. The summed E-state index contributed by atoms with van der Waals surface area (Å²) in [6.45, 7) is 0.322. The highest BCUT2D eigenvalue weighted by molar-refractivity contribution is 9.11. The number of ether oxygens (including phenoxy) is 1. The van der Waals surface area contributed by atoms with Gasteiger partial charge in [0.05, 0.1) is 12.5 Å². The molecule has 0 amide bonds. The summed E-state index contributed by atoms with van der Waals surface area (Å²) in [7, 11) is 0. The number of nitrogens with two attached hydrogens (primary N) is 1. The predicted octanol–water partition coefficient (Wildman–Crippen LogP) is 2.75. The summed E-state index contributed by atoms with van der Waals surface area (Å²) >= 11 is 3.15. The van der Waals surface area contributed by atoms with Crippen molar-refractivity contribution in [1.82, 2.24) is 4.98 Å². The van der Waals surface area contributed by atoms with E-state index in [1.165, 1.54) is 6.20 Å². The van der Waals surface area contributed by atoms with Crippen LogP contribution in [0.2, 0.25) is 0 Å². The summed E-state index contributed by atoms with van der Waals surface area (Å²) in [5.41, 5.74) is 5.29. The molecule has 0 unspecified atom stereocenters. The maximum absolute atomic E-state index is 5.29. The third-order valence-corrected chi connectivity index (χ3v) is 1.68. The van der Waals surface area contributed by atoms with E-state index in [0.717, 1.165) is 0 Å². The summed E-state index contributed by atoms with van der Waals surface area (Å²) in [6.07, 6.45) is 10.4. The van der Waals surface area contributed by atoms with Crippen molar-refractivity contribution in [2.75, 3.05) is 5.73 Å². The van der Waals surface area contributed by atoms with Crippen LogP contribution >= 0.6 is 15.9 Å². The van der Waals surface area contributed by atoms with Crippen LogP contribution < -0.4 is 5.73 Å². The number of allylic oxidation sites excluding steroid dienone is 4. The van der Waals surface area contributed by atoms with E-state index in [1.807, 2.05) is 18.2 Å². The van der Waals surface area contributed by atoms with Crippen molar-refractivity contribution < 1.29 is 9.15 Å². The SMILES string of the molecule is Nc1ncc(CO/C=C/C=C\C=C\Br)o1.